The molecule has 1 N–H and O–H groups in total. The number of aliphatic hydroxyl groups is 1. The van der Waals surface area contributed by atoms with Crippen molar-refractivity contribution in [2.45, 2.75) is 19.3 Å². The zero-order chi connectivity index (χ0) is 13.8. The first-order chi connectivity index (χ1) is 9.86. The van der Waals surface area contributed by atoms with Crippen molar-refractivity contribution in [1.29, 1.82) is 0 Å². The number of para-hydroxylation sites is 1. The van der Waals surface area contributed by atoms with Crippen LogP contribution in [0.15, 0.2) is 48.5 Å². The first-order valence-corrected chi connectivity index (χ1v) is 7.29. The highest BCUT2D eigenvalue weighted by molar-refractivity contribution is 5.70. The summed E-state index contributed by atoms with van der Waals surface area (Å²) in [6.45, 7) is 0.367. The highest BCUT2D eigenvalue weighted by Crippen LogP contribution is 2.34. The lowest BCUT2D eigenvalue weighted by atomic mass is 10.0. The minimum atomic E-state index is 0.0364. The standard InChI is InChI=1S/C18H20O2/c19-11-12-20-18-4-2-1-3-17(18)16-9-7-15(8-10-16)13-14-5-6-14/h1-4,7-10,14,19H,5-6,11-13H2. The summed E-state index contributed by atoms with van der Waals surface area (Å²) in [5.74, 6) is 1.75. The van der Waals surface area contributed by atoms with Gasteiger partial charge in [-0.25, -0.2) is 0 Å². The fourth-order valence-corrected chi connectivity index (χ4v) is 2.46. The Labute approximate surface area is 120 Å². The van der Waals surface area contributed by atoms with Gasteiger partial charge >= 0.3 is 0 Å². The second-order valence-corrected chi connectivity index (χ2v) is 5.41. The van der Waals surface area contributed by atoms with Crippen LogP contribution in [0.3, 0.4) is 0 Å². The van der Waals surface area contributed by atoms with Gasteiger partial charge in [-0.05, 0) is 42.4 Å². The van der Waals surface area contributed by atoms with Gasteiger partial charge in [-0.1, -0.05) is 42.5 Å². The second-order valence-electron chi connectivity index (χ2n) is 5.41. The Morgan fingerprint density at radius 2 is 1.75 bits per heavy atom. The van der Waals surface area contributed by atoms with E-state index >= 15 is 0 Å². The molecule has 0 unspecified atom stereocenters. The molecule has 2 nitrogen and oxygen atoms in total. The summed E-state index contributed by atoms with van der Waals surface area (Å²) in [5, 5.41) is 8.89. The fraction of sp³-hybridized carbons (Fsp3) is 0.333. The summed E-state index contributed by atoms with van der Waals surface area (Å²) in [6.07, 6.45) is 3.99. The van der Waals surface area contributed by atoms with Gasteiger partial charge in [0.25, 0.3) is 0 Å². The molecule has 1 saturated carbocycles. The molecule has 0 heterocycles. The van der Waals surface area contributed by atoms with Crippen molar-refractivity contribution in [3.63, 3.8) is 0 Å². The topological polar surface area (TPSA) is 29.5 Å². The average molecular weight is 268 g/mol. The maximum atomic E-state index is 8.89. The summed E-state index contributed by atoms with van der Waals surface area (Å²) in [4.78, 5) is 0. The van der Waals surface area contributed by atoms with Gasteiger partial charge < -0.3 is 9.84 Å². The number of aliphatic hydroxyl groups excluding tert-OH is 1. The molecule has 0 bridgehead atoms. The third kappa shape index (κ3) is 3.20. The van der Waals surface area contributed by atoms with Crippen LogP contribution in [0.5, 0.6) is 5.75 Å². The molecule has 3 rings (SSSR count). The molecule has 104 valence electrons. The van der Waals surface area contributed by atoms with Gasteiger partial charge in [-0.2, -0.15) is 0 Å². The van der Waals surface area contributed by atoms with Gasteiger partial charge in [-0.15, -0.1) is 0 Å². The molecule has 2 heteroatoms. The molecule has 2 aromatic rings. The van der Waals surface area contributed by atoms with Crippen LogP contribution in [0.25, 0.3) is 11.1 Å². The van der Waals surface area contributed by atoms with Gasteiger partial charge in [0.1, 0.15) is 12.4 Å². The minimum absolute atomic E-state index is 0.0364. The highest BCUT2D eigenvalue weighted by Gasteiger charge is 2.21. The van der Waals surface area contributed by atoms with E-state index in [1.807, 2.05) is 18.2 Å². The van der Waals surface area contributed by atoms with E-state index < -0.39 is 0 Å². The molecule has 2 aromatic carbocycles. The monoisotopic (exact) mass is 268 g/mol. The lowest BCUT2D eigenvalue weighted by Crippen LogP contribution is -2.02. The van der Waals surface area contributed by atoms with E-state index in [0.29, 0.717) is 6.61 Å². The summed E-state index contributed by atoms with van der Waals surface area (Å²) >= 11 is 0. The quantitative estimate of drug-likeness (QED) is 0.866. The van der Waals surface area contributed by atoms with Crippen LogP contribution >= 0.6 is 0 Å². The van der Waals surface area contributed by atoms with Crippen molar-refractivity contribution in [3.05, 3.63) is 54.1 Å². The predicted molar refractivity (Wildman–Crippen MR) is 80.9 cm³/mol. The Balaban J connectivity index is 1.80. The minimum Gasteiger partial charge on any atom is -0.491 e. The van der Waals surface area contributed by atoms with E-state index in [9.17, 15) is 0 Å². The van der Waals surface area contributed by atoms with Crippen molar-refractivity contribution in [2.24, 2.45) is 5.92 Å². The van der Waals surface area contributed by atoms with Gasteiger partial charge in [0.15, 0.2) is 0 Å². The molecule has 0 radical (unpaired) electrons. The molecule has 0 spiro atoms. The number of benzene rings is 2. The van der Waals surface area contributed by atoms with Crippen LogP contribution in [0.1, 0.15) is 18.4 Å². The number of hydrogen-bond donors (Lipinski definition) is 1. The molecular formula is C18H20O2. The second kappa shape index (κ2) is 6.10. The van der Waals surface area contributed by atoms with Gasteiger partial charge in [0, 0.05) is 5.56 Å². The van der Waals surface area contributed by atoms with Crippen molar-refractivity contribution in [3.8, 4) is 16.9 Å². The smallest absolute Gasteiger partial charge is 0.127 e. The fourth-order valence-electron chi connectivity index (χ4n) is 2.46. The van der Waals surface area contributed by atoms with E-state index in [2.05, 4.69) is 30.3 Å². The van der Waals surface area contributed by atoms with Crippen molar-refractivity contribution >= 4 is 0 Å². The van der Waals surface area contributed by atoms with E-state index in [1.54, 1.807) is 0 Å². The van der Waals surface area contributed by atoms with Crippen molar-refractivity contribution < 1.29 is 9.84 Å². The Kier molecular flexibility index (Phi) is 4.03. The zero-order valence-corrected chi connectivity index (χ0v) is 11.6. The Morgan fingerprint density at radius 3 is 2.45 bits per heavy atom. The van der Waals surface area contributed by atoms with Crippen molar-refractivity contribution in [1.82, 2.24) is 0 Å². The maximum absolute atomic E-state index is 8.89. The predicted octanol–water partition coefficient (Wildman–Crippen LogP) is 3.68. The number of hydrogen-bond acceptors (Lipinski definition) is 2. The van der Waals surface area contributed by atoms with Crippen LogP contribution in [0.2, 0.25) is 0 Å². The number of ether oxygens (including phenoxy) is 1. The normalized spacial score (nSPS) is 14.2. The van der Waals surface area contributed by atoms with Crippen LogP contribution in [-0.2, 0) is 6.42 Å². The van der Waals surface area contributed by atoms with Crippen LogP contribution in [0, 0.1) is 5.92 Å². The maximum Gasteiger partial charge on any atom is 0.127 e. The van der Waals surface area contributed by atoms with E-state index in [0.717, 1.165) is 22.8 Å². The summed E-state index contributed by atoms with van der Waals surface area (Å²) in [7, 11) is 0. The van der Waals surface area contributed by atoms with Crippen molar-refractivity contribution in [2.75, 3.05) is 13.2 Å². The molecule has 0 aromatic heterocycles. The van der Waals surface area contributed by atoms with E-state index in [1.165, 1.54) is 24.8 Å². The highest BCUT2D eigenvalue weighted by atomic mass is 16.5. The Morgan fingerprint density at radius 1 is 1.00 bits per heavy atom. The Hall–Kier alpha value is -1.80. The van der Waals surface area contributed by atoms with E-state index in [-0.39, 0.29) is 6.61 Å². The molecule has 20 heavy (non-hydrogen) atoms. The third-order valence-corrected chi connectivity index (χ3v) is 3.72. The van der Waals surface area contributed by atoms with Crippen LogP contribution in [0.4, 0.5) is 0 Å². The average Bonchev–Trinajstić information content (AvgIpc) is 3.30. The zero-order valence-electron chi connectivity index (χ0n) is 11.6. The lowest BCUT2D eigenvalue weighted by Gasteiger charge is -2.11. The molecule has 0 atom stereocenters. The van der Waals surface area contributed by atoms with Gasteiger partial charge in [0.2, 0.25) is 0 Å². The summed E-state index contributed by atoms with van der Waals surface area (Å²) < 4.78 is 5.60. The van der Waals surface area contributed by atoms with Crippen LogP contribution in [-0.4, -0.2) is 18.3 Å². The summed E-state index contributed by atoms with van der Waals surface area (Å²) in [6, 6.07) is 16.7. The first kappa shape index (κ1) is 13.2. The largest absolute Gasteiger partial charge is 0.491 e. The first-order valence-electron chi connectivity index (χ1n) is 7.29. The third-order valence-electron chi connectivity index (χ3n) is 3.72. The van der Waals surface area contributed by atoms with E-state index in [4.69, 9.17) is 9.84 Å². The SMILES string of the molecule is OCCOc1ccccc1-c1ccc(CC2CC2)cc1. The van der Waals surface area contributed by atoms with Gasteiger partial charge in [0.05, 0.1) is 6.61 Å². The Bertz CT molecular complexity index is 556. The molecule has 1 aliphatic rings. The summed E-state index contributed by atoms with van der Waals surface area (Å²) in [5.41, 5.74) is 3.67. The molecule has 1 aliphatic carbocycles. The molecule has 1 fully saturated rings. The number of rotatable bonds is 6. The lowest BCUT2D eigenvalue weighted by molar-refractivity contribution is 0.202. The molecule has 0 saturated heterocycles. The van der Waals surface area contributed by atoms with Gasteiger partial charge in [-0.3, -0.25) is 0 Å². The molecule has 0 aliphatic heterocycles. The molecule has 0 amide bonds. The van der Waals surface area contributed by atoms with Crippen LogP contribution < -0.4 is 4.74 Å². The molecular weight excluding hydrogens is 248 g/mol.